The molecule has 1 aromatic heterocycles. The van der Waals surface area contributed by atoms with E-state index in [2.05, 4.69) is 5.10 Å². The van der Waals surface area contributed by atoms with Crippen molar-refractivity contribution in [1.29, 1.82) is 0 Å². The average molecular weight is 180 g/mol. The van der Waals surface area contributed by atoms with E-state index in [0.717, 1.165) is 19.3 Å². The molecule has 3 nitrogen and oxygen atoms in total. The molecule has 0 unspecified atom stereocenters. The largest absolute Gasteiger partial charge is 0.396 e. The van der Waals surface area contributed by atoms with Crippen molar-refractivity contribution >= 4 is 0 Å². The molecule has 1 N–H and O–H groups in total. The Hall–Kier alpha value is -0.830. The second-order valence-electron chi connectivity index (χ2n) is 3.89. The molecule has 0 bridgehead atoms. The average Bonchev–Trinajstić information content (AvgIpc) is 2.41. The fourth-order valence-corrected chi connectivity index (χ4v) is 2.09. The predicted octanol–water partition coefficient (Wildman–Crippen LogP) is 0.907. The molecule has 2 rings (SSSR count). The molecule has 0 amide bonds. The van der Waals surface area contributed by atoms with Gasteiger partial charge in [-0.15, -0.1) is 0 Å². The van der Waals surface area contributed by atoms with E-state index in [1.54, 1.807) is 0 Å². The number of aliphatic hydroxyl groups is 1. The zero-order valence-electron chi connectivity index (χ0n) is 8.03. The number of nitrogens with zero attached hydrogens (tertiary/aromatic N) is 2. The molecule has 1 aliphatic carbocycles. The van der Waals surface area contributed by atoms with E-state index in [1.165, 1.54) is 17.7 Å². The molecule has 3 heteroatoms. The van der Waals surface area contributed by atoms with Crippen molar-refractivity contribution in [2.75, 3.05) is 6.61 Å². The Morgan fingerprint density at radius 3 is 3.31 bits per heavy atom. The highest BCUT2D eigenvalue weighted by Gasteiger charge is 2.18. The van der Waals surface area contributed by atoms with Crippen LogP contribution in [0.3, 0.4) is 0 Å². The summed E-state index contributed by atoms with van der Waals surface area (Å²) < 4.78 is 1.95. The van der Waals surface area contributed by atoms with E-state index in [1.807, 2.05) is 17.9 Å². The number of hydrogen-bond acceptors (Lipinski definition) is 2. The summed E-state index contributed by atoms with van der Waals surface area (Å²) in [5, 5.41) is 13.4. The molecule has 0 fully saturated rings. The first kappa shape index (κ1) is 8.75. The second kappa shape index (κ2) is 3.50. The molecule has 0 saturated heterocycles. The third-order valence-corrected chi connectivity index (χ3v) is 2.95. The van der Waals surface area contributed by atoms with Crippen LogP contribution in [0.2, 0.25) is 0 Å². The zero-order chi connectivity index (χ0) is 9.26. The molecule has 0 spiro atoms. The van der Waals surface area contributed by atoms with E-state index < -0.39 is 0 Å². The first-order valence-corrected chi connectivity index (χ1v) is 4.92. The second-order valence-corrected chi connectivity index (χ2v) is 3.89. The molecule has 0 radical (unpaired) electrons. The summed E-state index contributed by atoms with van der Waals surface area (Å²) in [7, 11) is 1.98. The molecule has 1 aliphatic rings. The summed E-state index contributed by atoms with van der Waals surface area (Å²) in [5.41, 5.74) is 2.69. The van der Waals surface area contributed by atoms with E-state index in [4.69, 9.17) is 5.11 Å². The summed E-state index contributed by atoms with van der Waals surface area (Å²) in [6, 6.07) is 0. The highest BCUT2D eigenvalue weighted by Crippen LogP contribution is 2.23. The van der Waals surface area contributed by atoms with Gasteiger partial charge < -0.3 is 5.11 Å². The molecule has 13 heavy (non-hydrogen) atoms. The predicted molar refractivity (Wildman–Crippen MR) is 50.4 cm³/mol. The monoisotopic (exact) mass is 180 g/mol. The van der Waals surface area contributed by atoms with Crippen molar-refractivity contribution in [1.82, 2.24) is 9.78 Å². The van der Waals surface area contributed by atoms with Gasteiger partial charge in [-0.2, -0.15) is 5.10 Å². The Morgan fingerprint density at radius 2 is 2.54 bits per heavy atom. The number of aromatic nitrogens is 2. The third-order valence-electron chi connectivity index (χ3n) is 2.95. The van der Waals surface area contributed by atoms with Gasteiger partial charge in [0.25, 0.3) is 0 Å². The van der Waals surface area contributed by atoms with Gasteiger partial charge in [0.15, 0.2) is 0 Å². The first-order valence-electron chi connectivity index (χ1n) is 4.92. The Balaban J connectivity index is 2.26. The molecule has 1 atom stereocenters. The standard InChI is InChI=1S/C10H16N2O/c1-12-10-5-8(7-13)3-2-4-9(10)6-11-12/h6,8,13H,2-5,7H2,1H3/t8-/m1/s1. The van der Waals surface area contributed by atoms with Crippen LogP contribution in [0.15, 0.2) is 6.20 Å². The van der Waals surface area contributed by atoms with Crippen LogP contribution in [0, 0.1) is 5.92 Å². The lowest BCUT2D eigenvalue weighted by molar-refractivity contribution is 0.216. The summed E-state index contributed by atoms with van der Waals surface area (Å²) in [6.07, 6.45) is 6.41. The van der Waals surface area contributed by atoms with E-state index in [0.29, 0.717) is 12.5 Å². The van der Waals surface area contributed by atoms with Crippen molar-refractivity contribution in [2.24, 2.45) is 13.0 Å². The van der Waals surface area contributed by atoms with Crippen LogP contribution in [0.4, 0.5) is 0 Å². The molecule has 1 heterocycles. The minimum Gasteiger partial charge on any atom is -0.396 e. The molecule has 0 aliphatic heterocycles. The van der Waals surface area contributed by atoms with Crippen LogP contribution in [0.5, 0.6) is 0 Å². The fraction of sp³-hybridized carbons (Fsp3) is 0.700. The van der Waals surface area contributed by atoms with Gasteiger partial charge in [0.2, 0.25) is 0 Å². The number of aliphatic hydroxyl groups excluding tert-OH is 1. The van der Waals surface area contributed by atoms with Gasteiger partial charge in [-0.3, -0.25) is 4.68 Å². The van der Waals surface area contributed by atoms with Gasteiger partial charge in [0, 0.05) is 19.3 Å². The van der Waals surface area contributed by atoms with Crippen LogP contribution < -0.4 is 0 Å². The van der Waals surface area contributed by atoms with E-state index >= 15 is 0 Å². The lowest BCUT2D eigenvalue weighted by atomic mass is 10.0. The molecule has 0 saturated carbocycles. The number of rotatable bonds is 1. The van der Waals surface area contributed by atoms with Gasteiger partial charge in [-0.05, 0) is 37.2 Å². The van der Waals surface area contributed by atoms with Gasteiger partial charge in [0.1, 0.15) is 0 Å². The Morgan fingerprint density at radius 1 is 1.69 bits per heavy atom. The maximum Gasteiger partial charge on any atom is 0.0524 e. The quantitative estimate of drug-likeness (QED) is 0.652. The van der Waals surface area contributed by atoms with Crippen molar-refractivity contribution < 1.29 is 5.11 Å². The summed E-state index contributed by atoms with van der Waals surface area (Å²) in [6.45, 7) is 0.310. The van der Waals surface area contributed by atoms with Gasteiger partial charge in [0.05, 0.1) is 6.20 Å². The fourth-order valence-electron chi connectivity index (χ4n) is 2.09. The minimum atomic E-state index is 0.310. The molecular formula is C10H16N2O. The van der Waals surface area contributed by atoms with Gasteiger partial charge in [-0.1, -0.05) is 0 Å². The molecule has 1 aromatic rings. The maximum absolute atomic E-state index is 9.14. The Bertz CT molecular complexity index is 293. The lowest BCUT2D eigenvalue weighted by Crippen LogP contribution is -2.11. The Labute approximate surface area is 78.4 Å². The van der Waals surface area contributed by atoms with E-state index in [-0.39, 0.29) is 0 Å². The van der Waals surface area contributed by atoms with Crippen molar-refractivity contribution in [3.63, 3.8) is 0 Å². The molecule has 0 aromatic carbocycles. The smallest absolute Gasteiger partial charge is 0.0524 e. The number of aryl methyl sites for hydroxylation is 2. The van der Waals surface area contributed by atoms with Gasteiger partial charge >= 0.3 is 0 Å². The normalized spacial score (nSPS) is 22.5. The van der Waals surface area contributed by atoms with Crippen LogP contribution in [-0.4, -0.2) is 21.5 Å². The summed E-state index contributed by atoms with van der Waals surface area (Å²) >= 11 is 0. The van der Waals surface area contributed by atoms with Crippen LogP contribution in [0.1, 0.15) is 24.1 Å². The summed E-state index contributed by atoms with van der Waals surface area (Å²) in [5.74, 6) is 0.441. The van der Waals surface area contributed by atoms with Crippen LogP contribution in [0.25, 0.3) is 0 Å². The minimum absolute atomic E-state index is 0.310. The Kier molecular flexibility index (Phi) is 2.36. The lowest BCUT2D eigenvalue weighted by Gasteiger charge is -2.10. The zero-order valence-corrected chi connectivity index (χ0v) is 8.03. The SMILES string of the molecule is Cn1ncc2c1C[C@H](CO)CCC2. The highest BCUT2D eigenvalue weighted by atomic mass is 16.3. The van der Waals surface area contributed by atoms with Gasteiger partial charge in [-0.25, -0.2) is 0 Å². The maximum atomic E-state index is 9.14. The summed E-state index contributed by atoms with van der Waals surface area (Å²) in [4.78, 5) is 0. The van der Waals surface area contributed by atoms with Crippen molar-refractivity contribution in [2.45, 2.75) is 25.7 Å². The first-order chi connectivity index (χ1) is 6.31. The molecule has 72 valence electrons. The topological polar surface area (TPSA) is 38.0 Å². The van der Waals surface area contributed by atoms with Crippen molar-refractivity contribution in [3.8, 4) is 0 Å². The van der Waals surface area contributed by atoms with E-state index in [9.17, 15) is 0 Å². The number of fused-ring (bicyclic) bond motifs is 1. The van der Waals surface area contributed by atoms with Crippen molar-refractivity contribution in [3.05, 3.63) is 17.5 Å². The van der Waals surface area contributed by atoms with Crippen LogP contribution >= 0.6 is 0 Å². The molecular weight excluding hydrogens is 164 g/mol. The highest BCUT2D eigenvalue weighted by molar-refractivity contribution is 5.19. The number of hydrogen-bond donors (Lipinski definition) is 1. The third kappa shape index (κ3) is 1.61. The van der Waals surface area contributed by atoms with Crippen LogP contribution in [-0.2, 0) is 19.9 Å².